The predicted molar refractivity (Wildman–Crippen MR) is 69.7 cm³/mol. The number of nitriles is 1. The fourth-order valence-electron chi connectivity index (χ4n) is 2.12. The molecule has 1 aliphatic rings. The average Bonchev–Trinajstić information content (AvgIpc) is 2.86. The number of benzene rings is 1. The van der Waals surface area contributed by atoms with Gasteiger partial charge >= 0.3 is 0 Å². The molecule has 0 aliphatic carbocycles. The summed E-state index contributed by atoms with van der Waals surface area (Å²) >= 11 is 3.49. The maximum Gasteiger partial charge on any atom is 0.161 e. The van der Waals surface area contributed by atoms with Crippen molar-refractivity contribution in [3.63, 3.8) is 0 Å². The molecule has 2 rings (SSSR count). The molecule has 1 aromatic carbocycles. The van der Waals surface area contributed by atoms with Crippen LogP contribution in [0.4, 0.5) is 0 Å². The normalized spacial score (nSPS) is 22.6. The largest absolute Gasteiger partial charge is 0.493 e. The van der Waals surface area contributed by atoms with Crippen LogP contribution in [0.1, 0.15) is 18.1 Å². The van der Waals surface area contributed by atoms with Gasteiger partial charge in [-0.25, -0.2) is 0 Å². The average molecular weight is 312 g/mol. The third-order valence-corrected chi connectivity index (χ3v) is 3.75. The number of hydrogen-bond acceptors (Lipinski definition) is 4. The highest BCUT2D eigenvalue weighted by atomic mass is 79.9. The predicted octanol–water partition coefficient (Wildman–Crippen LogP) is 3.07. The van der Waals surface area contributed by atoms with Crippen molar-refractivity contribution >= 4 is 15.9 Å². The smallest absolute Gasteiger partial charge is 0.161 e. The van der Waals surface area contributed by atoms with Crippen LogP contribution in [0.5, 0.6) is 11.5 Å². The number of rotatable bonds is 3. The molecule has 2 atom stereocenters. The van der Waals surface area contributed by atoms with E-state index in [1.54, 1.807) is 14.2 Å². The van der Waals surface area contributed by atoms with Gasteiger partial charge in [-0.3, -0.25) is 0 Å². The van der Waals surface area contributed by atoms with Gasteiger partial charge in [0.05, 0.1) is 32.3 Å². The van der Waals surface area contributed by atoms with Gasteiger partial charge in [-0.2, -0.15) is 5.26 Å². The summed E-state index contributed by atoms with van der Waals surface area (Å²) in [5, 5.41) is 9.11. The van der Waals surface area contributed by atoms with Crippen molar-refractivity contribution in [2.24, 2.45) is 5.92 Å². The van der Waals surface area contributed by atoms with Crippen LogP contribution in [-0.4, -0.2) is 20.8 Å². The first-order valence-electron chi connectivity index (χ1n) is 5.64. The highest BCUT2D eigenvalue weighted by molar-refractivity contribution is 9.10. The Kier molecular flexibility index (Phi) is 4.10. The first-order valence-corrected chi connectivity index (χ1v) is 6.43. The number of methoxy groups -OCH3 is 2. The molecule has 5 heteroatoms. The first-order chi connectivity index (χ1) is 8.71. The number of hydrogen-bond donors (Lipinski definition) is 0. The third kappa shape index (κ3) is 2.31. The van der Waals surface area contributed by atoms with Gasteiger partial charge in [0, 0.05) is 16.6 Å². The number of nitrogens with zero attached hydrogens (tertiary/aromatic N) is 1. The summed E-state index contributed by atoms with van der Waals surface area (Å²) in [5.41, 5.74) is 0.928. The van der Waals surface area contributed by atoms with E-state index in [9.17, 15) is 0 Å². The second-order valence-corrected chi connectivity index (χ2v) is 4.90. The lowest BCUT2D eigenvalue weighted by Gasteiger charge is -2.17. The highest BCUT2D eigenvalue weighted by Gasteiger charge is 2.31. The van der Waals surface area contributed by atoms with Crippen LogP contribution in [0.25, 0.3) is 0 Å². The van der Waals surface area contributed by atoms with Crippen molar-refractivity contribution in [1.29, 1.82) is 5.26 Å². The Balaban J connectivity index is 2.42. The minimum absolute atomic E-state index is 0.112. The van der Waals surface area contributed by atoms with Crippen LogP contribution in [0.2, 0.25) is 0 Å². The second-order valence-electron chi connectivity index (χ2n) is 4.04. The van der Waals surface area contributed by atoms with Crippen molar-refractivity contribution in [2.45, 2.75) is 12.5 Å². The Labute approximate surface area is 115 Å². The van der Waals surface area contributed by atoms with E-state index in [0.717, 1.165) is 16.5 Å². The summed E-state index contributed by atoms with van der Waals surface area (Å²) < 4.78 is 17.0. The molecule has 96 valence electrons. The van der Waals surface area contributed by atoms with Gasteiger partial charge in [0.2, 0.25) is 0 Å². The Morgan fingerprint density at radius 2 is 2.00 bits per heavy atom. The Bertz CT molecular complexity index is 484. The molecule has 0 aromatic heterocycles. The molecule has 2 unspecified atom stereocenters. The molecule has 1 aromatic rings. The van der Waals surface area contributed by atoms with Gasteiger partial charge in [-0.1, -0.05) is 15.9 Å². The Morgan fingerprint density at radius 1 is 1.33 bits per heavy atom. The molecule has 0 amide bonds. The van der Waals surface area contributed by atoms with E-state index < -0.39 is 0 Å². The van der Waals surface area contributed by atoms with Gasteiger partial charge in [-0.15, -0.1) is 0 Å². The second kappa shape index (κ2) is 5.59. The van der Waals surface area contributed by atoms with Gasteiger partial charge < -0.3 is 14.2 Å². The lowest BCUT2D eigenvalue weighted by atomic mass is 9.96. The monoisotopic (exact) mass is 311 g/mol. The molecule has 0 spiro atoms. The lowest BCUT2D eigenvalue weighted by Crippen LogP contribution is -2.07. The summed E-state index contributed by atoms with van der Waals surface area (Å²) in [6.07, 6.45) is 0.561. The molecule has 0 saturated carbocycles. The van der Waals surface area contributed by atoms with E-state index in [1.807, 2.05) is 12.1 Å². The molecule has 4 nitrogen and oxygen atoms in total. The van der Waals surface area contributed by atoms with E-state index in [4.69, 9.17) is 19.5 Å². The van der Waals surface area contributed by atoms with Crippen LogP contribution in [0.3, 0.4) is 0 Å². The van der Waals surface area contributed by atoms with Gasteiger partial charge in [0.15, 0.2) is 11.5 Å². The summed E-state index contributed by atoms with van der Waals surface area (Å²) in [6, 6.07) is 5.99. The van der Waals surface area contributed by atoms with Gasteiger partial charge in [0.25, 0.3) is 0 Å². The molecule has 0 bridgehead atoms. The quantitative estimate of drug-likeness (QED) is 0.861. The van der Waals surface area contributed by atoms with E-state index in [1.165, 1.54) is 0 Å². The van der Waals surface area contributed by atoms with Crippen molar-refractivity contribution in [1.82, 2.24) is 0 Å². The summed E-state index contributed by atoms with van der Waals surface area (Å²) in [4.78, 5) is 0. The fraction of sp³-hybridized carbons (Fsp3) is 0.462. The molecule has 1 aliphatic heterocycles. The summed E-state index contributed by atoms with van der Waals surface area (Å²) in [7, 11) is 3.18. The van der Waals surface area contributed by atoms with E-state index in [0.29, 0.717) is 18.1 Å². The van der Waals surface area contributed by atoms with E-state index >= 15 is 0 Å². The minimum atomic E-state index is -0.204. The van der Waals surface area contributed by atoms with E-state index in [-0.39, 0.29) is 12.0 Å². The molecule has 0 N–H and O–H groups in total. The Morgan fingerprint density at radius 3 is 2.61 bits per heavy atom. The van der Waals surface area contributed by atoms with Crippen LogP contribution in [-0.2, 0) is 4.74 Å². The lowest BCUT2D eigenvalue weighted by molar-refractivity contribution is 0.0998. The topological polar surface area (TPSA) is 51.5 Å². The fourth-order valence-corrected chi connectivity index (χ4v) is 2.66. The Hall–Kier alpha value is -1.25. The van der Waals surface area contributed by atoms with Gasteiger partial charge in [-0.05, 0) is 18.6 Å². The van der Waals surface area contributed by atoms with Crippen molar-refractivity contribution in [3.05, 3.63) is 22.2 Å². The summed E-state index contributed by atoms with van der Waals surface area (Å²) in [5.74, 6) is 1.18. The number of ether oxygens (including phenoxy) is 3. The minimum Gasteiger partial charge on any atom is -0.493 e. The molecule has 0 radical (unpaired) electrons. The third-order valence-electron chi connectivity index (χ3n) is 3.07. The van der Waals surface area contributed by atoms with Crippen LogP contribution in [0, 0.1) is 17.2 Å². The maximum absolute atomic E-state index is 9.11. The molecular weight excluding hydrogens is 298 g/mol. The van der Waals surface area contributed by atoms with Gasteiger partial charge in [0.1, 0.15) is 0 Å². The first kappa shape index (κ1) is 13.2. The van der Waals surface area contributed by atoms with Crippen molar-refractivity contribution < 1.29 is 14.2 Å². The van der Waals surface area contributed by atoms with E-state index in [2.05, 4.69) is 22.0 Å². The number of halogens is 1. The van der Waals surface area contributed by atoms with Crippen LogP contribution in [0.15, 0.2) is 16.6 Å². The standard InChI is InChI=1S/C13H14BrNO3/c1-16-11-5-9(10(14)6-12(11)17-2)13-8(7-15)3-4-18-13/h5-6,8,13H,3-4H2,1-2H3. The molecule has 1 heterocycles. The van der Waals surface area contributed by atoms with Crippen LogP contribution < -0.4 is 9.47 Å². The molecular formula is C13H14BrNO3. The molecule has 18 heavy (non-hydrogen) atoms. The van der Waals surface area contributed by atoms with Crippen molar-refractivity contribution in [2.75, 3.05) is 20.8 Å². The molecule has 1 saturated heterocycles. The van der Waals surface area contributed by atoms with Crippen molar-refractivity contribution in [3.8, 4) is 17.6 Å². The zero-order valence-electron chi connectivity index (χ0n) is 10.3. The summed E-state index contributed by atoms with van der Waals surface area (Å²) in [6.45, 7) is 0.615. The van der Waals surface area contributed by atoms with Crippen LogP contribution >= 0.6 is 15.9 Å². The SMILES string of the molecule is COc1cc(Br)c(C2OCCC2C#N)cc1OC. The molecule has 1 fully saturated rings. The highest BCUT2D eigenvalue weighted by Crippen LogP contribution is 2.42. The zero-order valence-corrected chi connectivity index (χ0v) is 11.9. The maximum atomic E-state index is 9.11. The zero-order chi connectivity index (χ0) is 13.1.